The van der Waals surface area contributed by atoms with E-state index in [0.717, 1.165) is 19.3 Å². The Morgan fingerprint density at radius 1 is 1.36 bits per heavy atom. The van der Waals surface area contributed by atoms with Crippen molar-refractivity contribution in [2.24, 2.45) is 0 Å². The summed E-state index contributed by atoms with van der Waals surface area (Å²) in [7, 11) is 0. The summed E-state index contributed by atoms with van der Waals surface area (Å²) in [6, 6.07) is 0. The van der Waals surface area contributed by atoms with Crippen LogP contribution < -0.4 is 0 Å². The molecule has 0 aromatic rings. The molecule has 0 saturated carbocycles. The molecule has 11 heavy (non-hydrogen) atoms. The van der Waals surface area contributed by atoms with Crippen molar-refractivity contribution in [1.82, 2.24) is 0 Å². The molecule has 0 aliphatic heterocycles. The third kappa shape index (κ3) is 9.26. The van der Waals surface area contributed by atoms with Gasteiger partial charge in [0.15, 0.2) is 0 Å². The Labute approximate surface area is 69.1 Å². The highest BCUT2D eigenvalue weighted by Crippen LogP contribution is 1.98. The molecule has 62 valence electrons. The number of hydrogen-bond donors (Lipinski definition) is 1. The Bertz CT molecular complexity index is 165. The van der Waals surface area contributed by atoms with Gasteiger partial charge in [-0.3, -0.25) is 0 Å². The lowest BCUT2D eigenvalue weighted by molar-refractivity contribution is 0.350. The van der Waals surface area contributed by atoms with Gasteiger partial charge in [0, 0.05) is 6.42 Å². The molecule has 0 unspecified atom stereocenters. The maximum atomic E-state index is 8.33. The van der Waals surface area contributed by atoms with Crippen molar-refractivity contribution in [3.05, 3.63) is 11.6 Å². The predicted molar refractivity (Wildman–Crippen MR) is 48.1 cm³/mol. The molecule has 1 N–H and O–H groups in total. The molecule has 0 rings (SSSR count). The number of hydrogen-bond acceptors (Lipinski definition) is 1. The van der Waals surface area contributed by atoms with E-state index in [4.69, 9.17) is 5.11 Å². The molecule has 0 bridgehead atoms. The van der Waals surface area contributed by atoms with E-state index in [-0.39, 0.29) is 6.61 Å². The molecule has 0 atom stereocenters. The van der Waals surface area contributed by atoms with Crippen LogP contribution in [0.5, 0.6) is 0 Å². The van der Waals surface area contributed by atoms with Crippen molar-refractivity contribution >= 4 is 0 Å². The molecule has 0 saturated heterocycles. The lowest BCUT2D eigenvalue weighted by atomic mass is 10.2. The second-order valence-electron chi connectivity index (χ2n) is 2.69. The maximum Gasteiger partial charge on any atom is 0.104 e. The van der Waals surface area contributed by atoms with Gasteiger partial charge in [0.25, 0.3) is 0 Å². The van der Waals surface area contributed by atoms with Crippen LogP contribution in [-0.2, 0) is 0 Å². The minimum atomic E-state index is -0.0113. The van der Waals surface area contributed by atoms with E-state index in [0.29, 0.717) is 0 Å². The van der Waals surface area contributed by atoms with Crippen LogP contribution in [0.25, 0.3) is 0 Å². The normalized spacial score (nSPS) is 8.27. The van der Waals surface area contributed by atoms with Gasteiger partial charge >= 0.3 is 0 Å². The molecule has 0 aliphatic rings. The van der Waals surface area contributed by atoms with Crippen LogP contribution in [0, 0.1) is 11.8 Å². The first-order chi connectivity index (χ1) is 5.27. The standard InChI is InChI=1S/C10H16O/c1-10(2)8-6-4-3-5-7-9-11/h8,11H,3-4,6,9H2,1-2H3. The first kappa shape index (κ1) is 10.3. The second-order valence-corrected chi connectivity index (χ2v) is 2.69. The Balaban J connectivity index is 3.22. The topological polar surface area (TPSA) is 20.2 Å². The third-order valence-corrected chi connectivity index (χ3v) is 1.26. The first-order valence-corrected chi connectivity index (χ1v) is 3.97. The largest absolute Gasteiger partial charge is 0.384 e. The van der Waals surface area contributed by atoms with Crippen molar-refractivity contribution in [3.8, 4) is 11.8 Å². The number of unbranched alkanes of at least 4 members (excludes halogenated alkanes) is 2. The van der Waals surface area contributed by atoms with E-state index >= 15 is 0 Å². The summed E-state index contributed by atoms with van der Waals surface area (Å²) in [5, 5.41) is 8.33. The van der Waals surface area contributed by atoms with Crippen LogP contribution in [-0.4, -0.2) is 11.7 Å². The monoisotopic (exact) mass is 152 g/mol. The molecular weight excluding hydrogens is 136 g/mol. The summed E-state index contributed by atoms with van der Waals surface area (Å²) < 4.78 is 0. The van der Waals surface area contributed by atoms with Gasteiger partial charge in [0.05, 0.1) is 0 Å². The van der Waals surface area contributed by atoms with E-state index in [1.807, 2.05) is 0 Å². The van der Waals surface area contributed by atoms with Gasteiger partial charge in [-0.1, -0.05) is 17.6 Å². The van der Waals surface area contributed by atoms with Gasteiger partial charge in [0.2, 0.25) is 0 Å². The number of aliphatic hydroxyl groups is 1. The van der Waals surface area contributed by atoms with Crippen molar-refractivity contribution in [2.75, 3.05) is 6.61 Å². The lowest BCUT2D eigenvalue weighted by Crippen LogP contribution is -1.74. The fourth-order valence-corrected chi connectivity index (χ4v) is 0.725. The second kappa shape index (κ2) is 7.37. The molecule has 0 heterocycles. The van der Waals surface area contributed by atoms with Crippen LogP contribution >= 0.6 is 0 Å². The minimum Gasteiger partial charge on any atom is -0.384 e. The van der Waals surface area contributed by atoms with E-state index in [1.54, 1.807) is 0 Å². The SMILES string of the molecule is CC(C)=CCCCC#CCO. The summed E-state index contributed by atoms with van der Waals surface area (Å²) in [6.07, 6.45) is 5.30. The molecule has 0 radical (unpaired) electrons. The van der Waals surface area contributed by atoms with Crippen molar-refractivity contribution in [1.29, 1.82) is 0 Å². The predicted octanol–water partition coefficient (Wildman–Crippen LogP) is 2.12. The molecule has 0 aromatic heterocycles. The fourth-order valence-electron chi connectivity index (χ4n) is 0.725. The zero-order valence-electron chi connectivity index (χ0n) is 7.35. The fraction of sp³-hybridized carbons (Fsp3) is 0.600. The number of rotatable bonds is 3. The Morgan fingerprint density at radius 2 is 2.09 bits per heavy atom. The molecule has 1 nitrogen and oxygen atoms in total. The Hall–Kier alpha value is -0.740. The highest BCUT2D eigenvalue weighted by molar-refractivity contribution is 4.99. The summed E-state index contributed by atoms with van der Waals surface area (Å²) in [5.74, 6) is 5.50. The van der Waals surface area contributed by atoms with Gasteiger partial charge < -0.3 is 5.11 Å². The van der Waals surface area contributed by atoms with Gasteiger partial charge in [0.1, 0.15) is 6.61 Å². The van der Waals surface area contributed by atoms with Crippen molar-refractivity contribution in [2.45, 2.75) is 33.1 Å². The van der Waals surface area contributed by atoms with Crippen LogP contribution in [0.1, 0.15) is 33.1 Å². The zero-order chi connectivity index (χ0) is 8.53. The minimum absolute atomic E-state index is 0.0113. The highest BCUT2D eigenvalue weighted by Gasteiger charge is 1.80. The smallest absolute Gasteiger partial charge is 0.104 e. The van der Waals surface area contributed by atoms with E-state index in [1.165, 1.54) is 5.57 Å². The molecule has 1 heteroatoms. The molecule has 0 spiro atoms. The van der Waals surface area contributed by atoms with Gasteiger partial charge in [-0.2, -0.15) is 0 Å². The lowest BCUT2D eigenvalue weighted by Gasteiger charge is -1.89. The third-order valence-electron chi connectivity index (χ3n) is 1.26. The number of aliphatic hydroxyl groups excluding tert-OH is 1. The Kier molecular flexibility index (Phi) is 6.87. The Morgan fingerprint density at radius 3 is 2.64 bits per heavy atom. The summed E-state index contributed by atoms with van der Waals surface area (Å²) >= 11 is 0. The molecule has 0 aliphatic carbocycles. The van der Waals surface area contributed by atoms with Crippen LogP contribution in [0.3, 0.4) is 0 Å². The average molecular weight is 152 g/mol. The molecule has 0 fully saturated rings. The average Bonchev–Trinajstić information content (AvgIpc) is 1.96. The quantitative estimate of drug-likeness (QED) is 0.373. The maximum absolute atomic E-state index is 8.33. The zero-order valence-corrected chi connectivity index (χ0v) is 7.35. The van der Waals surface area contributed by atoms with Crippen LogP contribution in [0.4, 0.5) is 0 Å². The van der Waals surface area contributed by atoms with E-state index < -0.39 is 0 Å². The van der Waals surface area contributed by atoms with Crippen LogP contribution in [0.2, 0.25) is 0 Å². The first-order valence-electron chi connectivity index (χ1n) is 3.97. The van der Waals surface area contributed by atoms with Gasteiger partial charge in [-0.25, -0.2) is 0 Å². The molecule has 0 amide bonds. The van der Waals surface area contributed by atoms with E-state index in [9.17, 15) is 0 Å². The highest BCUT2D eigenvalue weighted by atomic mass is 16.2. The summed E-state index contributed by atoms with van der Waals surface area (Å²) in [5.41, 5.74) is 1.36. The number of allylic oxidation sites excluding steroid dienone is 2. The van der Waals surface area contributed by atoms with Gasteiger partial charge in [-0.15, -0.1) is 5.92 Å². The van der Waals surface area contributed by atoms with Crippen LogP contribution in [0.15, 0.2) is 11.6 Å². The molecule has 0 aromatic carbocycles. The van der Waals surface area contributed by atoms with E-state index in [2.05, 4.69) is 31.8 Å². The molecular formula is C10H16O. The van der Waals surface area contributed by atoms with Crippen molar-refractivity contribution in [3.63, 3.8) is 0 Å². The van der Waals surface area contributed by atoms with Gasteiger partial charge in [-0.05, 0) is 26.7 Å². The summed E-state index contributed by atoms with van der Waals surface area (Å²) in [6.45, 7) is 4.18. The summed E-state index contributed by atoms with van der Waals surface area (Å²) in [4.78, 5) is 0. The van der Waals surface area contributed by atoms with Crippen molar-refractivity contribution < 1.29 is 5.11 Å².